The fourth-order valence-corrected chi connectivity index (χ4v) is 2.52. The molecule has 0 spiro atoms. The molecule has 1 aliphatic rings. The molecule has 1 aromatic carbocycles. The van der Waals surface area contributed by atoms with Gasteiger partial charge in [-0.3, -0.25) is 19.3 Å². The van der Waals surface area contributed by atoms with Crippen LogP contribution in [0.2, 0.25) is 0 Å². The molecule has 7 heteroatoms. The highest BCUT2D eigenvalue weighted by Gasteiger charge is 2.38. The number of imide groups is 1. The zero-order chi connectivity index (χ0) is 17.9. The summed E-state index contributed by atoms with van der Waals surface area (Å²) in [5, 5.41) is 5.33. The molecule has 130 valence electrons. The molecule has 24 heavy (non-hydrogen) atoms. The van der Waals surface area contributed by atoms with E-state index in [1.165, 1.54) is 30.0 Å². The van der Waals surface area contributed by atoms with E-state index in [1.807, 2.05) is 13.8 Å². The average Bonchev–Trinajstić information content (AvgIpc) is 2.74. The van der Waals surface area contributed by atoms with E-state index in [2.05, 4.69) is 10.6 Å². The number of benzene rings is 1. The summed E-state index contributed by atoms with van der Waals surface area (Å²) in [5.74, 6) is -1.04. The SMILES string of the molecule is CC(=O)Nc1cc(NC2CC(=O)N(CCC(C)C)C2=O)ccc1F. The van der Waals surface area contributed by atoms with Crippen molar-refractivity contribution in [3.63, 3.8) is 0 Å². The smallest absolute Gasteiger partial charge is 0.252 e. The van der Waals surface area contributed by atoms with Crippen LogP contribution in [0.25, 0.3) is 0 Å². The lowest BCUT2D eigenvalue weighted by atomic mass is 10.1. The third-order valence-electron chi connectivity index (χ3n) is 3.79. The minimum atomic E-state index is -0.666. The third kappa shape index (κ3) is 4.31. The molecule has 1 fully saturated rings. The molecule has 1 aromatic rings. The lowest BCUT2D eigenvalue weighted by Crippen LogP contribution is -2.35. The standard InChI is InChI=1S/C17H22FN3O3/c1-10(2)6-7-21-16(23)9-15(17(21)24)20-12-4-5-13(18)14(8-12)19-11(3)22/h4-5,8,10,15,20H,6-7,9H2,1-3H3,(H,19,22). The van der Waals surface area contributed by atoms with Gasteiger partial charge in [0, 0.05) is 19.2 Å². The maximum atomic E-state index is 13.6. The normalized spacial score (nSPS) is 17.5. The molecule has 0 radical (unpaired) electrons. The number of halogens is 1. The van der Waals surface area contributed by atoms with Crippen molar-refractivity contribution in [3.05, 3.63) is 24.0 Å². The van der Waals surface area contributed by atoms with Gasteiger partial charge in [-0.05, 0) is 30.5 Å². The molecular formula is C17H22FN3O3. The van der Waals surface area contributed by atoms with Crippen LogP contribution in [0.4, 0.5) is 15.8 Å². The van der Waals surface area contributed by atoms with Crippen LogP contribution < -0.4 is 10.6 Å². The van der Waals surface area contributed by atoms with Gasteiger partial charge in [0.25, 0.3) is 5.91 Å². The third-order valence-corrected chi connectivity index (χ3v) is 3.79. The molecule has 0 saturated carbocycles. The Bertz CT molecular complexity index is 660. The summed E-state index contributed by atoms with van der Waals surface area (Å²) in [7, 11) is 0. The highest BCUT2D eigenvalue weighted by molar-refractivity contribution is 6.06. The van der Waals surface area contributed by atoms with Gasteiger partial charge in [0.15, 0.2) is 0 Å². The molecule has 3 amide bonds. The largest absolute Gasteiger partial charge is 0.373 e. The Labute approximate surface area is 140 Å². The predicted octanol–water partition coefficient (Wildman–Crippen LogP) is 2.37. The minimum Gasteiger partial charge on any atom is -0.373 e. The Balaban J connectivity index is 2.07. The summed E-state index contributed by atoms with van der Waals surface area (Å²) in [6.45, 7) is 5.75. The quantitative estimate of drug-likeness (QED) is 0.782. The second-order valence-corrected chi connectivity index (χ2v) is 6.34. The Kier molecular flexibility index (Phi) is 5.54. The van der Waals surface area contributed by atoms with E-state index in [0.29, 0.717) is 18.2 Å². The van der Waals surface area contributed by atoms with Crippen LogP contribution in [0.3, 0.4) is 0 Å². The van der Waals surface area contributed by atoms with E-state index in [1.54, 1.807) is 0 Å². The molecule has 0 bridgehead atoms. The number of nitrogens with zero attached hydrogens (tertiary/aromatic N) is 1. The summed E-state index contributed by atoms with van der Waals surface area (Å²) in [5.41, 5.74) is 0.498. The topological polar surface area (TPSA) is 78.5 Å². The Hall–Kier alpha value is -2.44. The molecule has 1 saturated heterocycles. The molecule has 1 unspecified atom stereocenters. The first-order valence-corrected chi connectivity index (χ1v) is 7.95. The van der Waals surface area contributed by atoms with Crippen LogP contribution >= 0.6 is 0 Å². The van der Waals surface area contributed by atoms with Crippen molar-refractivity contribution < 1.29 is 18.8 Å². The molecule has 0 aliphatic carbocycles. The Morgan fingerprint density at radius 2 is 2.08 bits per heavy atom. The van der Waals surface area contributed by atoms with Crippen LogP contribution in [-0.4, -0.2) is 35.2 Å². The van der Waals surface area contributed by atoms with E-state index in [9.17, 15) is 18.8 Å². The van der Waals surface area contributed by atoms with Crippen molar-refractivity contribution in [2.24, 2.45) is 5.92 Å². The number of likely N-dealkylation sites (tertiary alicyclic amines) is 1. The van der Waals surface area contributed by atoms with Crippen molar-refractivity contribution in [1.29, 1.82) is 0 Å². The van der Waals surface area contributed by atoms with E-state index in [0.717, 1.165) is 6.42 Å². The van der Waals surface area contributed by atoms with Gasteiger partial charge in [0.2, 0.25) is 11.8 Å². The number of nitrogens with one attached hydrogen (secondary N) is 2. The monoisotopic (exact) mass is 335 g/mol. The zero-order valence-electron chi connectivity index (χ0n) is 14.1. The van der Waals surface area contributed by atoms with E-state index >= 15 is 0 Å². The van der Waals surface area contributed by atoms with E-state index in [-0.39, 0.29) is 23.9 Å². The number of carbonyl (C=O) groups excluding carboxylic acids is 3. The van der Waals surface area contributed by atoms with Gasteiger partial charge < -0.3 is 10.6 Å². The van der Waals surface area contributed by atoms with Gasteiger partial charge in [-0.15, -0.1) is 0 Å². The van der Waals surface area contributed by atoms with Gasteiger partial charge in [0.05, 0.1) is 12.1 Å². The second-order valence-electron chi connectivity index (χ2n) is 6.34. The summed E-state index contributed by atoms with van der Waals surface area (Å²) >= 11 is 0. The van der Waals surface area contributed by atoms with Crippen LogP contribution in [0, 0.1) is 11.7 Å². The van der Waals surface area contributed by atoms with Gasteiger partial charge in [-0.1, -0.05) is 13.8 Å². The van der Waals surface area contributed by atoms with E-state index in [4.69, 9.17) is 0 Å². The predicted molar refractivity (Wildman–Crippen MR) is 88.9 cm³/mol. The Morgan fingerprint density at radius 3 is 2.71 bits per heavy atom. The number of carbonyl (C=O) groups is 3. The van der Waals surface area contributed by atoms with Crippen LogP contribution in [0.15, 0.2) is 18.2 Å². The first-order chi connectivity index (χ1) is 11.3. The maximum Gasteiger partial charge on any atom is 0.252 e. The lowest BCUT2D eigenvalue weighted by molar-refractivity contribution is -0.138. The van der Waals surface area contributed by atoms with Crippen molar-refractivity contribution in [3.8, 4) is 0 Å². The van der Waals surface area contributed by atoms with Crippen LogP contribution in [-0.2, 0) is 14.4 Å². The van der Waals surface area contributed by atoms with Gasteiger partial charge >= 0.3 is 0 Å². The fourth-order valence-electron chi connectivity index (χ4n) is 2.52. The highest BCUT2D eigenvalue weighted by atomic mass is 19.1. The van der Waals surface area contributed by atoms with Crippen molar-refractivity contribution in [2.75, 3.05) is 17.2 Å². The fraction of sp³-hybridized carbons (Fsp3) is 0.471. The molecule has 2 N–H and O–H groups in total. The van der Waals surface area contributed by atoms with E-state index < -0.39 is 17.8 Å². The molecule has 2 rings (SSSR count). The number of amides is 3. The average molecular weight is 335 g/mol. The molecule has 6 nitrogen and oxygen atoms in total. The first kappa shape index (κ1) is 17.9. The van der Waals surface area contributed by atoms with Crippen molar-refractivity contribution in [1.82, 2.24) is 4.90 Å². The van der Waals surface area contributed by atoms with Gasteiger partial charge in [-0.25, -0.2) is 4.39 Å². The Morgan fingerprint density at radius 1 is 1.38 bits per heavy atom. The zero-order valence-corrected chi connectivity index (χ0v) is 14.1. The lowest BCUT2D eigenvalue weighted by Gasteiger charge is -2.17. The second kappa shape index (κ2) is 7.42. The highest BCUT2D eigenvalue weighted by Crippen LogP contribution is 2.23. The number of rotatable bonds is 6. The minimum absolute atomic E-state index is 0.0286. The summed E-state index contributed by atoms with van der Waals surface area (Å²) in [6, 6.07) is 3.41. The van der Waals surface area contributed by atoms with Crippen LogP contribution in [0.1, 0.15) is 33.6 Å². The van der Waals surface area contributed by atoms with Crippen LogP contribution in [0.5, 0.6) is 0 Å². The molecule has 1 aliphatic heterocycles. The summed E-state index contributed by atoms with van der Waals surface area (Å²) in [6.07, 6.45) is 0.831. The molecule has 1 heterocycles. The summed E-state index contributed by atoms with van der Waals surface area (Å²) in [4.78, 5) is 36.7. The van der Waals surface area contributed by atoms with Crippen molar-refractivity contribution in [2.45, 2.75) is 39.7 Å². The number of hydrogen-bond acceptors (Lipinski definition) is 4. The maximum absolute atomic E-state index is 13.6. The molecule has 0 aromatic heterocycles. The van der Waals surface area contributed by atoms with Gasteiger partial charge in [-0.2, -0.15) is 0 Å². The summed E-state index contributed by atoms with van der Waals surface area (Å²) < 4.78 is 13.6. The molecular weight excluding hydrogens is 313 g/mol. The number of hydrogen-bond donors (Lipinski definition) is 2. The molecule has 1 atom stereocenters. The number of anilines is 2. The van der Waals surface area contributed by atoms with Gasteiger partial charge in [0.1, 0.15) is 11.9 Å². The van der Waals surface area contributed by atoms with Crippen molar-refractivity contribution >= 4 is 29.1 Å². The first-order valence-electron chi connectivity index (χ1n) is 7.95.